The Morgan fingerprint density at radius 3 is 2.47 bits per heavy atom. The first kappa shape index (κ1) is 12.5. The van der Waals surface area contributed by atoms with E-state index in [4.69, 9.17) is 4.74 Å². The summed E-state index contributed by atoms with van der Waals surface area (Å²) in [6.45, 7) is 1.12. The standard InChI is InChI=1S/C13H16F2O2/c14-11-4-10(5-12(15)6-11)7-13(8-16)2-1-3-17-9-13/h4-6,16H,1-3,7-9H2. The first-order valence-corrected chi connectivity index (χ1v) is 5.77. The number of aliphatic hydroxyl groups is 1. The first-order valence-electron chi connectivity index (χ1n) is 5.77. The smallest absolute Gasteiger partial charge is 0.126 e. The van der Waals surface area contributed by atoms with Crippen LogP contribution in [0.1, 0.15) is 18.4 Å². The van der Waals surface area contributed by atoms with E-state index in [0.29, 0.717) is 25.2 Å². The quantitative estimate of drug-likeness (QED) is 0.881. The van der Waals surface area contributed by atoms with E-state index in [0.717, 1.165) is 18.9 Å². The molecule has 1 aromatic rings. The summed E-state index contributed by atoms with van der Waals surface area (Å²) in [4.78, 5) is 0. The molecule has 1 unspecified atom stereocenters. The molecule has 0 saturated carbocycles. The van der Waals surface area contributed by atoms with Crippen LogP contribution >= 0.6 is 0 Å². The summed E-state index contributed by atoms with van der Waals surface area (Å²) in [6.07, 6.45) is 2.14. The molecular weight excluding hydrogens is 226 g/mol. The van der Waals surface area contributed by atoms with Gasteiger partial charge in [0.2, 0.25) is 0 Å². The number of ether oxygens (including phenoxy) is 1. The van der Waals surface area contributed by atoms with Crippen LogP contribution in [0.15, 0.2) is 18.2 Å². The first-order chi connectivity index (χ1) is 8.13. The molecule has 0 aromatic heterocycles. The summed E-state index contributed by atoms with van der Waals surface area (Å²) in [5.74, 6) is -1.16. The summed E-state index contributed by atoms with van der Waals surface area (Å²) in [6, 6.07) is 3.48. The highest BCUT2D eigenvalue weighted by Gasteiger charge is 2.32. The highest BCUT2D eigenvalue weighted by Crippen LogP contribution is 2.32. The lowest BCUT2D eigenvalue weighted by molar-refractivity contribution is -0.0379. The van der Waals surface area contributed by atoms with Gasteiger partial charge in [0, 0.05) is 18.1 Å². The van der Waals surface area contributed by atoms with Crippen molar-refractivity contribution < 1.29 is 18.6 Å². The van der Waals surface area contributed by atoms with Crippen LogP contribution in [0, 0.1) is 17.0 Å². The minimum atomic E-state index is -0.579. The highest BCUT2D eigenvalue weighted by molar-refractivity contribution is 5.19. The van der Waals surface area contributed by atoms with Gasteiger partial charge in [0.25, 0.3) is 0 Å². The Morgan fingerprint density at radius 2 is 1.94 bits per heavy atom. The van der Waals surface area contributed by atoms with Crippen LogP contribution in [0.5, 0.6) is 0 Å². The maximum Gasteiger partial charge on any atom is 0.126 e. The van der Waals surface area contributed by atoms with Gasteiger partial charge in [0.05, 0.1) is 13.2 Å². The lowest BCUT2D eigenvalue weighted by Gasteiger charge is -2.35. The van der Waals surface area contributed by atoms with E-state index in [-0.39, 0.29) is 6.61 Å². The van der Waals surface area contributed by atoms with Crippen molar-refractivity contribution in [1.29, 1.82) is 0 Å². The number of hydrogen-bond acceptors (Lipinski definition) is 2. The molecule has 1 aromatic carbocycles. The monoisotopic (exact) mass is 242 g/mol. The predicted molar refractivity (Wildman–Crippen MR) is 59.6 cm³/mol. The molecule has 1 N–H and O–H groups in total. The molecule has 17 heavy (non-hydrogen) atoms. The molecule has 0 aliphatic carbocycles. The van der Waals surface area contributed by atoms with Gasteiger partial charge in [-0.2, -0.15) is 0 Å². The molecule has 1 aliphatic rings. The van der Waals surface area contributed by atoms with Crippen LogP contribution in [0.4, 0.5) is 8.78 Å². The second-order valence-electron chi connectivity index (χ2n) is 4.77. The fourth-order valence-corrected chi connectivity index (χ4v) is 2.38. The Bertz CT molecular complexity index is 367. The van der Waals surface area contributed by atoms with Crippen LogP contribution in [0.3, 0.4) is 0 Å². The predicted octanol–water partition coefficient (Wildman–Crippen LogP) is 2.30. The van der Waals surface area contributed by atoms with Crippen molar-refractivity contribution >= 4 is 0 Å². The van der Waals surface area contributed by atoms with Crippen LogP contribution in [-0.4, -0.2) is 24.9 Å². The molecule has 0 spiro atoms. The molecule has 1 saturated heterocycles. The molecule has 4 heteroatoms. The van der Waals surface area contributed by atoms with Gasteiger partial charge < -0.3 is 9.84 Å². The Kier molecular flexibility index (Phi) is 3.74. The van der Waals surface area contributed by atoms with Gasteiger partial charge in [-0.05, 0) is 37.0 Å². The molecule has 0 radical (unpaired) electrons. The van der Waals surface area contributed by atoms with Gasteiger partial charge in [0.1, 0.15) is 11.6 Å². The minimum Gasteiger partial charge on any atom is -0.396 e. The van der Waals surface area contributed by atoms with Crippen molar-refractivity contribution in [1.82, 2.24) is 0 Å². The van der Waals surface area contributed by atoms with Gasteiger partial charge in [-0.1, -0.05) is 0 Å². The van der Waals surface area contributed by atoms with E-state index >= 15 is 0 Å². The van der Waals surface area contributed by atoms with Gasteiger partial charge in [-0.15, -0.1) is 0 Å². The molecule has 0 amide bonds. The summed E-state index contributed by atoms with van der Waals surface area (Å²) in [7, 11) is 0. The van der Waals surface area contributed by atoms with Crippen molar-refractivity contribution in [3.05, 3.63) is 35.4 Å². The van der Waals surface area contributed by atoms with E-state index in [1.54, 1.807) is 0 Å². The Hall–Kier alpha value is -1.00. The topological polar surface area (TPSA) is 29.5 Å². The van der Waals surface area contributed by atoms with E-state index in [9.17, 15) is 13.9 Å². The average Bonchev–Trinajstić information content (AvgIpc) is 2.29. The number of benzene rings is 1. The zero-order chi connectivity index (χ0) is 12.3. The van der Waals surface area contributed by atoms with E-state index in [2.05, 4.69) is 0 Å². The number of hydrogen-bond donors (Lipinski definition) is 1. The fourth-order valence-electron chi connectivity index (χ4n) is 2.38. The Labute approximate surface area is 99.2 Å². The molecular formula is C13H16F2O2. The van der Waals surface area contributed by atoms with Gasteiger partial charge in [0.15, 0.2) is 0 Å². The SMILES string of the molecule is OCC1(Cc2cc(F)cc(F)c2)CCCOC1. The normalized spacial score (nSPS) is 24.9. The molecule has 2 rings (SSSR count). The number of aliphatic hydroxyl groups excluding tert-OH is 1. The van der Waals surface area contributed by atoms with Crippen molar-refractivity contribution in [3.63, 3.8) is 0 Å². The number of halogens is 2. The van der Waals surface area contributed by atoms with Crippen molar-refractivity contribution in [2.45, 2.75) is 19.3 Å². The van der Waals surface area contributed by atoms with Crippen LogP contribution in [0.2, 0.25) is 0 Å². The molecule has 0 bridgehead atoms. The van der Waals surface area contributed by atoms with Crippen LogP contribution < -0.4 is 0 Å². The Balaban J connectivity index is 2.17. The van der Waals surface area contributed by atoms with E-state index in [1.165, 1.54) is 12.1 Å². The lowest BCUT2D eigenvalue weighted by Crippen LogP contribution is -2.37. The number of rotatable bonds is 3. The average molecular weight is 242 g/mol. The van der Waals surface area contributed by atoms with Gasteiger partial charge in [-0.25, -0.2) is 8.78 Å². The highest BCUT2D eigenvalue weighted by atomic mass is 19.1. The maximum absolute atomic E-state index is 13.1. The zero-order valence-electron chi connectivity index (χ0n) is 9.59. The third-order valence-corrected chi connectivity index (χ3v) is 3.24. The third kappa shape index (κ3) is 3.01. The van der Waals surface area contributed by atoms with E-state index < -0.39 is 17.0 Å². The van der Waals surface area contributed by atoms with Crippen molar-refractivity contribution in [2.75, 3.05) is 19.8 Å². The Morgan fingerprint density at radius 1 is 1.24 bits per heavy atom. The minimum absolute atomic E-state index is 0.0227. The molecule has 2 nitrogen and oxygen atoms in total. The van der Waals surface area contributed by atoms with Gasteiger partial charge in [-0.3, -0.25) is 0 Å². The molecule has 1 fully saturated rings. The van der Waals surface area contributed by atoms with Gasteiger partial charge >= 0.3 is 0 Å². The summed E-state index contributed by atoms with van der Waals surface area (Å²) < 4.78 is 31.5. The zero-order valence-corrected chi connectivity index (χ0v) is 9.59. The second-order valence-corrected chi connectivity index (χ2v) is 4.77. The lowest BCUT2D eigenvalue weighted by atomic mass is 9.78. The molecule has 1 aliphatic heterocycles. The molecule has 94 valence electrons. The fraction of sp³-hybridized carbons (Fsp3) is 0.538. The third-order valence-electron chi connectivity index (χ3n) is 3.24. The summed E-state index contributed by atoms with van der Waals surface area (Å²) >= 11 is 0. The maximum atomic E-state index is 13.1. The molecule has 1 atom stereocenters. The van der Waals surface area contributed by atoms with E-state index in [1.807, 2.05) is 0 Å². The largest absolute Gasteiger partial charge is 0.396 e. The van der Waals surface area contributed by atoms with Crippen molar-refractivity contribution in [2.24, 2.45) is 5.41 Å². The summed E-state index contributed by atoms with van der Waals surface area (Å²) in [5.41, 5.74) is 0.181. The van der Waals surface area contributed by atoms with Crippen LogP contribution in [0.25, 0.3) is 0 Å². The van der Waals surface area contributed by atoms with Crippen molar-refractivity contribution in [3.8, 4) is 0 Å². The second kappa shape index (κ2) is 5.10. The summed E-state index contributed by atoms with van der Waals surface area (Å²) in [5, 5.41) is 9.47. The molecule has 1 heterocycles. The van der Waals surface area contributed by atoms with Crippen LogP contribution in [-0.2, 0) is 11.2 Å².